The van der Waals surface area contributed by atoms with Gasteiger partial charge in [0.05, 0.1) is 0 Å². The van der Waals surface area contributed by atoms with Gasteiger partial charge in [-0.1, -0.05) is 24.3 Å². The largest absolute Gasteiger partial charge is 2.00 e. The molecule has 2 N–H and O–H groups in total. The van der Waals surface area contributed by atoms with Gasteiger partial charge < -0.3 is 10.2 Å². The first kappa shape index (κ1) is 26.9. The zero-order chi connectivity index (χ0) is 20.8. The van der Waals surface area contributed by atoms with E-state index < -0.39 is 0 Å². The van der Waals surface area contributed by atoms with Gasteiger partial charge in [-0.05, 0) is 62.1 Å². The number of benzene rings is 2. The van der Waals surface area contributed by atoms with Crippen molar-refractivity contribution in [2.24, 2.45) is 0 Å². The van der Waals surface area contributed by atoms with Gasteiger partial charge in [-0.25, -0.2) is 24.3 Å². The van der Waals surface area contributed by atoms with Gasteiger partial charge in [0.1, 0.15) is 11.5 Å². The summed E-state index contributed by atoms with van der Waals surface area (Å²) in [5.41, 5.74) is 4.21. The molecule has 2 aliphatic rings. The van der Waals surface area contributed by atoms with E-state index in [9.17, 15) is 0 Å². The summed E-state index contributed by atoms with van der Waals surface area (Å²) in [4.78, 5) is 0. The molecule has 0 heterocycles. The second-order valence-corrected chi connectivity index (χ2v) is 6.44. The standard InChI is InChI=1S/2C8H10O.2C5H5.Zr/c2*1-6-4-3-5-8(9)7(6)2;2*1-2-4-5-3-1;/h2*3-5,9H,1-2H3;2*1-3H,4H2;/q;;2*-1;+2. The van der Waals surface area contributed by atoms with Crippen LogP contribution in [0.4, 0.5) is 0 Å². The van der Waals surface area contributed by atoms with Crippen molar-refractivity contribution in [3.63, 3.8) is 0 Å². The van der Waals surface area contributed by atoms with Gasteiger partial charge in [-0.3, -0.25) is 12.2 Å². The summed E-state index contributed by atoms with van der Waals surface area (Å²) < 4.78 is 0. The van der Waals surface area contributed by atoms with E-state index in [1.165, 1.54) is 0 Å². The Bertz CT molecular complexity index is 714. The fourth-order valence-electron chi connectivity index (χ4n) is 2.15. The summed E-state index contributed by atoms with van der Waals surface area (Å²) in [6.07, 6.45) is 20.0. The number of phenolic OH excluding ortho intramolecular Hbond substituents is 2. The predicted molar refractivity (Wildman–Crippen MR) is 118 cm³/mol. The van der Waals surface area contributed by atoms with Crippen molar-refractivity contribution in [1.29, 1.82) is 0 Å². The molecule has 2 nitrogen and oxygen atoms in total. The number of aryl methyl sites for hydroxylation is 2. The van der Waals surface area contributed by atoms with E-state index in [0.29, 0.717) is 11.5 Å². The molecule has 0 bridgehead atoms. The summed E-state index contributed by atoms with van der Waals surface area (Å²) in [5, 5.41) is 18.2. The second kappa shape index (κ2) is 15.8. The number of phenols is 2. The Morgan fingerprint density at radius 3 is 1.21 bits per heavy atom. The third-order valence-electron chi connectivity index (χ3n) is 4.32. The Labute approximate surface area is 195 Å². The van der Waals surface area contributed by atoms with Crippen molar-refractivity contribution in [3.05, 3.63) is 107 Å². The normalized spacial score (nSPS) is 12.0. The predicted octanol–water partition coefficient (Wildman–Crippen LogP) is 6.63. The van der Waals surface area contributed by atoms with Crippen LogP contribution in [0.15, 0.2) is 72.9 Å². The van der Waals surface area contributed by atoms with Crippen LogP contribution >= 0.6 is 0 Å². The van der Waals surface area contributed by atoms with Crippen molar-refractivity contribution < 1.29 is 36.4 Å². The molecule has 0 atom stereocenters. The zero-order valence-corrected chi connectivity index (χ0v) is 20.2. The molecule has 0 fully saturated rings. The second-order valence-electron chi connectivity index (χ2n) is 6.44. The monoisotopic (exact) mass is 464 g/mol. The van der Waals surface area contributed by atoms with E-state index in [0.717, 1.165) is 35.1 Å². The summed E-state index contributed by atoms with van der Waals surface area (Å²) in [7, 11) is 0. The quantitative estimate of drug-likeness (QED) is 0.429. The SMILES string of the molecule is Cc1cccc(O)c1C.Cc1cccc(O)c1C.[C-]1=CC=CC1.[C-]1=CC=CC1.[Zr+2]. The fourth-order valence-corrected chi connectivity index (χ4v) is 2.15. The topological polar surface area (TPSA) is 40.5 Å². The van der Waals surface area contributed by atoms with Gasteiger partial charge in [0.25, 0.3) is 0 Å². The van der Waals surface area contributed by atoms with Crippen LogP contribution in [-0.2, 0) is 26.2 Å². The Kier molecular flexibility index (Phi) is 14.6. The van der Waals surface area contributed by atoms with Crippen molar-refractivity contribution in [2.75, 3.05) is 0 Å². The minimum absolute atomic E-state index is 0. The minimum atomic E-state index is 0. The molecule has 0 saturated heterocycles. The van der Waals surface area contributed by atoms with E-state index >= 15 is 0 Å². The first-order valence-corrected chi connectivity index (χ1v) is 9.37. The van der Waals surface area contributed by atoms with Crippen LogP contribution < -0.4 is 0 Å². The molecular weight excluding hydrogens is 436 g/mol. The van der Waals surface area contributed by atoms with Crippen LogP contribution in [0.5, 0.6) is 11.5 Å². The molecule has 0 saturated carbocycles. The van der Waals surface area contributed by atoms with E-state index in [2.05, 4.69) is 24.3 Å². The Hall–Kier alpha value is -2.12. The molecule has 2 aromatic carbocycles. The minimum Gasteiger partial charge on any atom is -0.508 e. The molecule has 3 heteroatoms. The average molecular weight is 466 g/mol. The molecule has 0 spiro atoms. The molecule has 4 rings (SSSR count). The van der Waals surface area contributed by atoms with Crippen molar-refractivity contribution >= 4 is 0 Å². The van der Waals surface area contributed by atoms with Gasteiger partial charge >= 0.3 is 26.2 Å². The van der Waals surface area contributed by atoms with E-state index in [1.807, 2.05) is 76.3 Å². The number of hydrogen-bond donors (Lipinski definition) is 2. The maximum Gasteiger partial charge on any atom is 2.00 e. The number of aromatic hydroxyl groups is 2. The molecule has 2 aliphatic carbocycles. The van der Waals surface area contributed by atoms with Crippen LogP contribution in [0, 0.1) is 39.8 Å². The average Bonchev–Trinajstić information content (AvgIpc) is 3.43. The number of rotatable bonds is 0. The van der Waals surface area contributed by atoms with Crippen LogP contribution in [0.3, 0.4) is 0 Å². The molecule has 0 aromatic heterocycles. The van der Waals surface area contributed by atoms with Gasteiger partial charge in [-0.2, -0.15) is 12.2 Å². The molecular formula is C26H30O2Zr. The first-order valence-electron chi connectivity index (χ1n) is 9.37. The smallest absolute Gasteiger partial charge is 0.508 e. The van der Waals surface area contributed by atoms with E-state index in [-0.39, 0.29) is 26.2 Å². The third kappa shape index (κ3) is 11.5. The van der Waals surface area contributed by atoms with Gasteiger partial charge in [0.15, 0.2) is 0 Å². The summed E-state index contributed by atoms with van der Waals surface area (Å²) in [5.74, 6) is 0.769. The third-order valence-corrected chi connectivity index (χ3v) is 4.32. The van der Waals surface area contributed by atoms with Crippen molar-refractivity contribution in [3.8, 4) is 11.5 Å². The Morgan fingerprint density at radius 1 is 0.655 bits per heavy atom. The summed E-state index contributed by atoms with van der Waals surface area (Å²) in [6, 6.07) is 11.0. The summed E-state index contributed by atoms with van der Waals surface area (Å²) in [6.45, 7) is 7.78. The summed E-state index contributed by atoms with van der Waals surface area (Å²) >= 11 is 0. The molecule has 150 valence electrons. The van der Waals surface area contributed by atoms with Crippen molar-refractivity contribution in [2.45, 2.75) is 40.5 Å². The molecule has 0 radical (unpaired) electrons. The van der Waals surface area contributed by atoms with Crippen LogP contribution in [0.2, 0.25) is 0 Å². The van der Waals surface area contributed by atoms with E-state index in [4.69, 9.17) is 10.2 Å². The molecule has 0 amide bonds. The fraction of sp³-hybridized carbons (Fsp3) is 0.231. The van der Waals surface area contributed by atoms with E-state index in [1.54, 1.807) is 12.1 Å². The van der Waals surface area contributed by atoms with Crippen LogP contribution in [0.25, 0.3) is 0 Å². The van der Waals surface area contributed by atoms with Crippen LogP contribution in [-0.4, -0.2) is 10.2 Å². The maximum atomic E-state index is 9.10. The Balaban J connectivity index is 0.000000369. The van der Waals surface area contributed by atoms with Crippen LogP contribution in [0.1, 0.15) is 35.1 Å². The van der Waals surface area contributed by atoms with Gasteiger partial charge in [0, 0.05) is 0 Å². The zero-order valence-electron chi connectivity index (χ0n) is 17.7. The van der Waals surface area contributed by atoms with Gasteiger partial charge in [0.2, 0.25) is 0 Å². The maximum absolute atomic E-state index is 9.10. The molecule has 0 aliphatic heterocycles. The molecule has 29 heavy (non-hydrogen) atoms. The molecule has 0 unspecified atom stereocenters. The van der Waals surface area contributed by atoms with Gasteiger partial charge in [-0.15, -0.1) is 12.8 Å². The molecule has 2 aromatic rings. The van der Waals surface area contributed by atoms with Crippen molar-refractivity contribution in [1.82, 2.24) is 0 Å². The Morgan fingerprint density at radius 2 is 1.03 bits per heavy atom. The number of allylic oxidation sites excluding steroid dienone is 8. The first-order chi connectivity index (χ1) is 13.4. The number of hydrogen-bond acceptors (Lipinski definition) is 2.